The van der Waals surface area contributed by atoms with Crippen LogP contribution in [0.4, 0.5) is 4.39 Å². The van der Waals surface area contributed by atoms with Crippen molar-refractivity contribution in [2.24, 2.45) is 5.92 Å². The van der Waals surface area contributed by atoms with Crippen molar-refractivity contribution >= 4 is 5.91 Å². The number of aromatic nitrogens is 1. The molecule has 1 aromatic heterocycles. The minimum Gasteiger partial charge on any atom is -0.373 e. The van der Waals surface area contributed by atoms with Gasteiger partial charge < -0.3 is 9.64 Å². The van der Waals surface area contributed by atoms with E-state index in [0.717, 1.165) is 25.6 Å². The number of halogens is 1. The molecular weight excluding hydrogens is 285 g/mol. The molecule has 2 saturated heterocycles. The van der Waals surface area contributed by atoms with Crippen LogP contribution in [0.2, 0.25) is 0 Å². The fourth-order valence-corrected chi connectivity index (χ4v) is 3.50. The van der Waals surface area contributed by atoms with Gasteiger partial charge in [-0.1, -0.05) is 0 Å². The highest BCUT2D eigenvalue weighted by Crippen LogP contribution is 2.33. The molecule has 3 aliphatic rings. The van der Waals surface area contributed by atoms with E-state index in [4.69, 9.17) is 4.74 Å². The van der Waals surface area contributed by atoms with Crippen LogP contribution in [0.25, 0.3) is 0 Å². The molecule has 22 heavy (non-hydrogen) atoms. The number of carbonyl (C=O) groups excluding carboxylic acids is 1. The summed E-state index contributed by atoms with van der Waals surface area (Å²) in [6, 6.07) is 3.05. The number of fused-ring (bicyclic) bond motifs is 1. The van der Waals surface area contributed by atoms with Crippen LogP contribution in [0, 0.1) is 11.9 Å². The van der Waals surface area contributed by atoms with Gasteiger partial charge in [-0.2, -0.15) is 4.39 Å². The van der Waals surface area contributed by atoms with Gasteiger partial charge in [-0.05, 0) is 24.8 Å². The smallest absolute Gasteiger partial charge is 0.254 e. The lowest BCUT2D eigenvalue weighted by Crippen LogP contribution is -2.51. The quantitative estimate of drug-likeness (QED) is 0.786. The highest BCUT2D eigenvalue weighted by molar-refractivity contribution is 5.94. The Hall–Kier alpha value is -1.53. The zero-order valence-electron chi connectivity index (χ0n) is 12.4. The van der Waals surface area contributed by atoms with Gasteiger partial charge in [0.2, 0.25) is 5.95 Å². The molecule has 3 fully saturated rings. The lowest BCUT2D eigenvalue weighted by molar-refractivity contribution is -0.0484. The van der Waals surface area contributed by atoms with Gasteiger partial charge in [0, 0.05) is 44.0 Å². The highest BCUT2D eigenvalue weighted by Gasteiger charge is 2.43. The van der Waals surface area contributed by atoms with E-state index in [0.29, 0.717) is 18.7 Å². The van der Waals surface area contributed by atoms with Gasteiger partial charge in [-0.15, -0.1) is 0 Å². The van der Waals surface area contributed by atoms with Crippen LogP contribution >= 0.6 is 0 Å². The van der Waals surface area contributed by atoms with Crippen molar-refractivity contribution in [2.75, 3.05) is 32.8 Å². The Balaban J connectivity index is 1.47. The Morgan fingerprint density at radius 1 is 1.41 bits per heavy atom. The maximum atomic E-state index is 13.2. The molecule has 1 saturated carbocycles. The Labute approximate surface area is 129 Å². The number of nitrogens with zero attached hydrogens (tertiary/aromatic N) is 3. The molecule has 4 rings (SSSR count). The third-order valence-corrected chi connectivity index (χ3v) is 4.87. The number of pyridine rings is 1. The van der Waals surface area contributed by atoms with Crippen LogP contribution in [0.15, 0.2) is 18.3 Å². The first-order valence-electron chi connectivity index (χ1n) is 7.97. The topological polar surface area (TPSA) is 45.7 Å². The molecule has 3 heterocycles. The first kappa shape index (κ1) is 14.1. The van der Waals surface area contributed by atoms with Crippen LogP contribution < -0.4 is 0 Å². The van der Waals surface area contributed by atoms with E-state index < -0.39 is 5.95 Å². The fraction of sp³-hybridized carbons (Fsp3) is 0.625. The molecule has 1 aliphatic carbocycles. The molecule has 5 nitrogen and oxygen atoms in total. The monoisotopic (exact) mass is 305 g/mol. The minimum absolute atomic E-state index is 0.0862. The van der Waals surface area contributed by atoms with Crippen molar-refractivity contribution in [1.29, 1.82) is 0 Å². The first-order valence-corrected chi connectivity index (χ1v) is 7.97. The van der Waals surface area contributed by atoms with Gasteiger partial charge >= 0.3 is 0 Å². The Morgan fingerprint density at radius 3 is 3.05 bits per heavy atom. The van der Waals surface area contributed by atoms with Crippen LogP contribution in [-0.2, 0) is 4.74 Å². The average Bonchev–Trinajstić information content (AvgIpc) is 3.22. The zero-order chi connectivity index (χ0) is 15.1. The first-order chi connectivity index (χ1) is 10.7. The summed E-state index contributed by atoms with van der Waals surface area (Å²) in [4.78, 5) is 20.3. The van der Waals surface area contributed by atoms with Crippen LogP contribution in [0.1, 0.15) is 23.2 Å². The largest absolute Gasteiger partial charge is 0.373 e. The van der Waals surface area contributed by atoms with E-state index >= 15 is 0 Å². The van der Waals surface area contributed by atoms with Crippen molar-refractivity contribution in [2.45, 2.75) is 25.0 Å². The van der Waals surface area contributed by atoms with E-state index in [1.807, 2.05) is 0 Å². The lowest BCUT2D eigenvalue weighted by atomic mass is 10.1. The molecule has 2 aliphatic heterocycles. The molecule has 0 unspecified atom stereocenters. The molecule has 1 amide bonds. The van der Waals surface area contributed by atoms with E-state index in [1.54, 1.807) is 11.0 Å². The zero-order valence-corrected chi connectivity index (χ0v) is 12.4. The molecule has 118 valence electrons. The standard InChI is InChI=1S/C16H20FN3O2/c17-15-7-12(3-4-18-15)16(21)20-9-13-14(10-20)22-6-5-19(13)8-11-1-2-11/h3-4,7,11,13-14H,1-2,5-6,8-10H2/t13-,14-/m0/s1. The molecule has 2 atom stereocenters. The predicted molar refractivity (Wildman–Crippen MR) is 77.9 cm³/mol. The summed E-state index contributed by atoms with van der Waals surface area (Å²) in [7, 11) is 0. The van der Waals surface area contributed by atoms with Gasteiger partial charge in [0.05, 0.1) is 18.8 Å². The van der Waals surface area contributed by atoms with Gasteiger partial charge in [-0.25, -0.2) is 4.98 Å². The van der Waals surface area contributed by atoms with Crippen molar-refractivity contribution in [3.05, 3.63) is 29.8 Å². The molecular formula is C16H20FN3O2. The molecule has 0 spiro atoms. The number of likely N-dealkylation sites (tertiary alicyclic amines) is 1. The Morgan fingerprint density at radius 2 is 2.27 bits per heavy atom. The molecule has 6 heteroatoms. The van der Waals surface area contributed by atoms with Crippen LogP contribution in [0.5, 0.6) is 0 Å². The fourth-order valence-electron chi connectivity index (χ4n) is 3.50. The lowest BCUT2D eigenvalue weighted by Gasteiger charge is -2.36. The van der Waals surface area contributed by atoms with Crippen molar-refractivity contribution in [3.63, 3.8) is 0 Å². The minimum atomic E-state index is -0.617. The van der Waals surface area contributed by atoms with E-state index in [9.17, 15) is 9.18 Å². The molecule has 0 N–H and O–H groups in total. The van der Waals surface area contributed by atoms with Gasteiger partial charge in [0.15, 0.2) is 0 Å². The summed E-state index contributed by atoms with van der Waals surface area (Å²) in [6.07, 6.45) is 4.08. The second kappa shape index (κ2) is 5.59. The van der Waals surface area contributed by atoms with Crippen molar-refractivity contribution in [1.82, 2.24) is 14.8 Å². The number of carbonyl (C=O) groups is 1. The maximum absolute atomic E-state index is 13.2. The summed E-state index contributed by atoms with van der Waals surface area (Å²) in [5.41, 5.74) is 0.361. The van der Waals surface area contributed by atoms with Crippen molar-refractivity contribution in [3.8, 4) is 0 Å². The molecule has 0 aromatic carbocycles. The maximum Gasteiger partial charge on any atom is 0.254 e. The van der Waals surface area contributed by atoms with Gasteiger partial charge in [0.1, 0.15) is 0 Å². The molecule has 0 radical (unpaired) electrons. The number of hydrogen-bond donors (Lipinski definition) is 0. The summed E-state index contributed by atoms with van der Waals surface area (Å²) < 4.78 is 19.1. The van der Waals surface area contributed by atoms with Crippen LogP contribution in [-0.4, -0.2) is 65.6 Å². The third-order valence-electron chi connectivity index (χ3n) is 4.87. The number of morpholine rings is 1. The number of rotatable bonds is 3. The normalized spacial score (nSPS) is 28.7. The van der Waals surface area contributed by atoms with Crippen molar-refractivity contribution < 1.29 is 13.9 Å². The summed E-state index contributed by atoms with van der Waals surface area (Å²) >= 11 is 0. The second-order valence-corrected chi connectivity index (χ2v) is 6.49. The summed E-state index contributed by atoms with van der Waals surface area (Å²) in [5, 5.41) is 0. The van der Waals surface area contributed by atoms with E-state index in [1.165, 1.54) is 25.1 Å². The van der Waals surface area contributed by atoms with Gasteiger partial charge in [-0.3, -0.25) is 9.69 Å². The van der Waals surface area contributed by atoms with E-state index in [2.05, 4.69) is 9.88 Å². The SMILES string of the molecule is O=C(c1ccnc(F)c1)N1C[C@@H]2OCCN(CC3CC3)[C@H]2C1. The number of amides is 1. The van der Waals surface area contributed by atoms with Gasteiger partial charge in [0.25, 0.3) is 5.91 Å². The van der Waals surface area contributed by atoms with E-state index in [-0.39, 0.29) is 18.1 Å². The molecule has 0 bridgehead atoms. The Bertz CT molecular complexity index is 578. The average molecular weight is 305 g/mol. The summed E-state index contributed by atoms with van der Waals surface area (Å²) in [5.74, 6) is 0.0811. The molecule has 1 aromatic rings. The highest BCUT2D eigenvalue weighted by atomic mass is 19.1. The third kappa shape index (κ3) is 2.73. The number of ether oxygens (including phenoxy) is 1. The van der Waals surface area contributed by atoms with Crippen LogP contribution in [0.3, 0.4) is 0 Å². The summed E-state index contributed by atoms with van der Waals surface area (Å²) in [6.45, 7) is 4.06. The predicted octanol–water partition coefficient (Wildman–Crippen LogP) is 1.16. The Kier molecular flexibility index (Phi) is 3.58. The second-order valence-electron chi connectivity index (χ2n) is 6.49. The number of hydrogen-bond acceptors (Lipinski definition) is 4.